The molecule has 1 aromatic carbocycles. The van der Waals surface area contributed by atoms with Crippen LogP contribution in [0, 0.1) is 6.92 Å². The number of nitrogens with one attached hydrogen (secondary N) is 1. The molecule has 0 unspecified atom stereocenters. The molecule has 0 heterocycles. The van der Waals surface area contributed by atoms with Crippen molar-refractivity contribution in [1.29, 1.82) is 0 Å². The molecule has 0 atom stereocenters. The topological polar surface area (TPSA) is 153 Å². The molecule has 0 radical (unpaired) electrons. The van der Waals surface area contributed by atoms with Crippen LogP contribution in [0.1, 0.15) is 29.8 Å². The predicted molar refractivity (Wildman–Crippen MR) is 126 cm³/mol. The molecule has 0 saturated carbocycles. The maximum absolute atomic E-state index is 13.7. The maximum atomic E-state index is 13.7. The smallest absolute Gasteiger partial charge is 0.360 e. The number of benzene rings is 1. The number of amides is 1. The predicted octanol–water partition coefficient (Wildman–Crippen LogP) is 3.40. The van der Waals surface area contributed by atoms with E-state index < -0.39 is 43.9 Å². The molecule has 14 heteroatoms. The van der Waals surface area contributed by atoms with Crippen molar-refractivity contribution in [1.82, 2.24) is 5.32 Å². The van der Waals surface area contributed by atoms with Crippen LogP contribution in [0.3, 0.4) is 0 Å². The molecule has 0 spiro atoms. The summed E-state index contributed by atoms with van der Waals surface area (Å²) in [7, 11) is -4.93. The highest BCUT2D eigenvalue weighted by atomic mass is 31.2. The van der Waals surface area contributed by atoms with Crippen LogP contribution in [0.5, 0.6) is 0 Å². The van der Waals surface area contributed by atoms with Gasteiger partial charge >= 0.3 is 27.1 Å². The van der Waals surface area contributed by atoms with E-state index in [1.807, 2.05) is 0 Å². The van der Waals surface area contributed by atoms with Crippen molar-refractivity contribution < 1.29 is 51.1 Å². The standard InChI is InChI=1S/C21H31NO11P2/c1-8-32-19(24)21(20(25)33-9-2,22-18(23)16-12-10-15(3)11-13-16)17(35(27,30-6)31-7)14-34(26,28-4)29-5/h10-14H,8-9H2,1-7H3,(H,22,23)/b17-14-. The Morgan fingerprint density at radius 3 is 1.69 bits per heavy atom. The molecule has 1 aromatic rings. The third-order valence-corrected chi connectivity index (χ3v) is 8.54. The summed E-state index contributed by atoms with van der Waals surface area (Å²) in [6.07, 6.45) is 0. The third kappa shape index (κ3) is 6.88. The van der Waals surface area contributed by atoms with Gasteiger partial charge in [-0.3, -0.25) is 13.9 Å². The first-order chi connectivity index (χ1) is 16.4. The normalized spacial score (nSPS) is 12.7. The van der Waals surface area contributed by atoms with Gasteiger partial charge in [0.2, 0.25) is 0 Å². The number of carbonyl (C=O) groups is 3. The van der Waals surface area contributed by atoms with Gasteiger partial charge in [-0.05, 0) is 32.9 Å². The summed E-state index contributed by atoms with van der Waals surface area (Å²) in [6, 6.07) is 6.13. The molecule has 35 heavy (non-hydrogen) atoms. The van der Waals surface area contributed by atoms with Crippen molar-refractivity contribution in [3.8, 4) is 0 Å². The highest BCUT2D eigenvalue weighted by Gasteiger charge is 2.61. The lowest BCUT2D eigenvalue weighted by atomic mass is 9.98. The molecular weight excluding hydrogens is 504 g/mol. The highest BCUT2D eigenvalue weighted by Crippen LogP contribution is 2.63. The Hall–Kier alpha value is -2.33. The van der Waals surface area contributed by atoms with E-state index in [1.165, 1.54) is 26.0 Å². The Morgan fingerprint density at radius 2 is 1.31 bits per heavy atom. The number of ether oxygens (including phenoxy) is 2. The molecule has 0 saturated heterocycles. The summed E-state index contributed by atoms with van der Waals surface area (Å²) in [5, 5.41) is 1.38. The minimum Gasteiger partial charge on any atom is -0.464 e. The van der Waals surface area contributed by atoms with E-state index in [4.69, 9.17) is 27.6 Å². The largest absolute Gasteiger partial charge is 0.464 e. The fourth-order valence-corrected chi connectivity index (χ4v) is 5.89. The van der Waals surface area contributed by atoms with Gasteiger partial charge in [0.1, 0.15) is 0 Å². The second-order valence-electron chi connectivity index (χ2n) is 6.79. The Balaban J connectivity index is 4.11. The van der Waals surface area contributed by atoms with E-state index >= 15 is 0 Å². The molecule has 12 nitrogen and oxygen atoms in total. The molecule has 1 amide bonds. The molecule has 196 valence electrons. The average Bonchev–Trinajstić information content (AvgIpc) is 2.85. The summed E-state index contributed by atoms with van der Waals surface area (Å²) in [6.45, 7) is 4.19. The second-order valence-corrected chi connectivity index (χ2v) is 11.1. The van der Waals surface area contributed by atoms with Gasteiger partial charge in [0, 0.05) is 39.8 Å². The van der Waals surface area contributed by atoms with Crippen molar-refractivity contribution in [2.45, 2.75) is 26.3 Å². The monoisotopic (exact) mass is 535 g/mol. The first-order valence-corrected chi connectivity index (χ1v) is 13.5. The van der Waals surface area contributed by atoms with Crippen molar-refractivity contribution in [3.63, 3.8) is 0 Å². The van der Waals surface area contributed by atoms with Crippen LogP contribution in [-0.2, 0) is 46.3 Å². The van der Waals surface area contributed by atoms with Gasteiger partial charge in [-0.2, -0.15) is 0 Å². The van der Waals surface area contributed by atoms with Crippen LogP contribution >= 0.6 is 15.2 Å². The number of rotatable bonds is 13. The van der Waals surface area contributed by atoms with Crippen molar-refractivity contribution in [2.75, 3.05) is 41.7 Å². The Morgan fingerprint density at radius 1 is 0.857 bits per heavy atom. The van der Waals surface area contributed by atoms with Gasteiger partial charge < -0.3 is 32.9 Å². The molecular formula is C21H31NO11P2. The van der Waals surface area contributed by atoms with Crippen LogP contribution in [0.15, 0.2) is 35.4 Å². The van der Waals surface area contributed by atoms with E-state index in [9.17, 15) is 23.5 Å². The van der Waals surface area contributed by atoms with Crippen molar-refractivity contribution in [3.05, 3.63) is 46.5 Å². The summed E-state index contributed by atoms with van der Waals surface area (Å²) in [4.78, 5) is 40.1. The summed E-state index contributed by atoms with van der Waals surface area (Å²) >= 11 is 0. The molecule has 0 aliphatic rings. The molecule has 1 rings (SSSR count). The van der Waals surface area contributed by atoms with E-state index in [-0.39, 0.29) is 18.8 Å². The zero-order chi connectivity index (χ0) is 26.9. The number of carbonyl (C=O) groups excluding carboxylic acids is 3. The van der Waals surface area contributed by atoms with Gasteiger partial charge in [-0.15, -0.1) is 0 Å². The maximum Gasteiger partial charge on any atom is 0.360 e. The van der Waals surface area contributed by atoms with Crippen LogP contribution in [0.4, 0.5) is 0 Å². The Labute approximate surface area is 204 Å². The highest BCUT2D eigenvalue weighted by molar-refractivity contribution is 7.62. The molecule has 1 N–H and O–H groups in total. The van der Waals surface area contributed by atoms with Crippen molar-refractivity contribution >= 4 is 33.0 Å². The van der Waals surface area contributed by atoms with Gasteiger partial charge in [0.25, 0.3) is 11.4 Å². The van der Waals surface area contributed by atoms with Crippen molar-refractivity contribution in [2.24, 2.45) is 0 Å². The van der Waals surface area contributed by atoms with E-state index in [0.717, 1.165) is 34.0 Å². The molecule has 0 aliphatic carbocycles. The van der Waals surface area contributed by atoms with E-state index in [0.29, 0.717) is 5.82 Å². The molecule has 0 bridgehead atoms. The Bertz CT molecular complexity index is 1000. The number of aryl methyl sites for hydroxylation is 1. The lowest BCUT2D eigenvalue weighted by molar-refractivity contribution is -0.163. The quantitative estimate of drug-likeness (QED) is 0.225. The van der Waals surface area contributed by atoms with Crippen LogP contribution in [0.25, 0.3) is 0 Å². The lowest BCUT2D eigenvalue weighted by Gasteiger charge is -2.34. The summed E-state index contributed by atoms with van der Waals surface area (Å²) in [5.74, 6) is -3.11. The SMILES string of the molecule is CCOC(=O)C(NC(=O)c1ccc(C)cc1)(C(=O)OCC)/C(=C/P(=O)(OC)OC)P(=O)(OC)OC. The van der Waals surface area contributed by atoms with E-state index in [2.05, 4.69) is 5.32 Å². The van der Waals surface area contributed by atoms with Gasteiger partial charge in [0.05, 0.1) is 18.5 Å². The van der Waals surface area contributed by atoms with Crippen LogP contribution < -0.4 is 5.32 Å². The van der Waals surface area contributed by atoms with Gasteiger partial charge in [0.15, 0.2) is 0 Å². The van der Waals surface area contributed by atoms with Crippen LogP contribution in [0.2, 0.25) is 0 Å². The Kier molecular flexibility index (Phi) is 11.5. The minimum absolute atomic E-state index is 0.0410. The minimum atomic E-state index is -4.63. The zero-order valence-electron chi connectivity index (χ0n) is 20.7. The number of hydrogen-bond donors (Lipinski definition) is 1. The first kappa shape index (κ1) is 30.7. The molecule has 0 aliphatic heterocycles. The fourth-order valence-electron chi connectivity index (χ4n) is 2.86. The zero-order valence-corrected chi connectivity index (χ0v) is 22.5. The third-order valence-electron chi connectivity index (χ3n) is 4.73. The van der Waals surface area contributed by atoms with Gasteiger partial charge in [-0.25, -0.2) is 9.59 Å². The van der Waals surface area contributed by atoms with Gasteiger partial charge in [-0.1, -0.05) is 17.7 Å². The molecule has 0 aromatic heterocycles. The molecule has 0 fully saturated rings. The van der Waals surface area contributed by atoms with Crippen LogP contribution in [-0.4, -0.2) is 65.0 Å². The number of esters is 2. The fraction of sp³-hybridized carbons (Fsp3) is 0.476. The second kappa shape index (κ2) is 13.1. The average molecular weight is 535 g/mol. The van der Waals surface area contributed by atoms with E-state index in [1.54, 1.807) is 19.1 Å². The summed E-state index contributed by atoms with van der Waals surface area (Å²) in [5.41, 5.74) is -2.07. The lowest BCUT2D eigenvalue weighted by Crippen LogP contribution is -2.62. The number of hydrogen-bond acceptors (Lipinski definition) is 11. The summed E-state index contributed by atoms with van der Waals surface area (Å²) < 4.78 is 56.7. The first-order valence-electron chi connectivity index (χ1n) is 10.3.